The van der Waals surface area contributed by atoms with Crippen molar-refractivity contribution in [1.82, 2.24) is 5.32 Å². The average Bonchev–Trinajstić information content (AvgIpc) is 2.53. The molecule has 0 aromatic heterocycles. The van der Waals surface area contributed by atoms with Gasteiger partial charge in [0, 0.05) is 12.1 Å². The van der Waals surface area contributed by atoms with Gasteiger partial charge in [0.2, 0.25) is 0 Å². The molecule has 0 amide bonds. The van der Waals surface area contributed by atoms with E-state index in [2.05, 4.69) is 19.2 Å². The lowest BCUT2D eigenvalue weighted by molar-refractivity contribution is -0.141. The second-order valence-electron chi connectivity index (χ2n) is 4.40. The minimum absolute atomic E-state index is 0.110. The molecule has 1 rings (SSSR count). The number of carbonyl (C=O) groups is 1. The minimum Gasteiger partial charge on any atom is -0.481 e. The first-order chi connectivity index (χ1) is 6.63. The zero-order valence-electron chi connectivity index (χ0n) is 9.12. The quantitative estimate of drug-likeness (QED) is 0.712. The highest BCUT2D eigenvalue weighted by Gasteiger charge is 2.29. The summed E-state index contributed by atoms with van der Waals surface area (Å²) in [5.74, 6) is -0.737. The van der Waals surface area contributed by atoms with E-state index in [0.717, 1.165) is 19.3 Å². The van der Waals surface area contributed by atoms with Crippen LogP contribution >= 0.6 is 0 Å². The van der Waals surface area contributed by atoms with Crippen LogP contribution < -0.4 is 5.32 Å². The molecule has 0 radical (unpaired) electrons. The van der Waals surface area contributed by atoms with Crippen LogP contribution in [-0.2, 0) is 4.79 Å². The number of hydrogen-bond donors (Lipinski definition) is 2. The normalized spacial score (nSPS) is 29.0. The summed E-state index contributed by atoms with van der Waals surface area (Å²) in [5.41, 5.74) is 0. The largest absolute Gasteiger partial charge is 0.481 e. The van der Waals surface area contributed by atoms with E-state index in [9.17, 15) is 4.79 Å². The van der Waals surface area contributed by atoms with Crippen molar-refractivity contribution in [2.24, 2.45) is 5.92 Å². The third-order valence-corrected chi connectivity index (χ3v) is 3.02. The van der Waals surface area contributed by atoms with Crippen molar-refractivity contribution in [3.63, 3.8) is 0 Å². The Kier molecular flexibility index (Phi) is 4.39. The van der Waals surface area contributed by atoms with Crippen molar-refractivity contribution in [3.8, 4) is 0 Å². The maximum Gasteiger partial charge on any atom is 0.306 e. The molecular formula is C11H21NO2. The van der Waals surface area contributed by atoms with Gasteiger partial charge in [-0.3, -0.25) is 4.79 Å². The van der Waals surface area contributed by atoms with E-state index >= 15 is 0 Å². The fourth-order valence-electron chi connectivity index (χ4n) is 2.28. The predicted octanol–water partition coefficient (Wildman–Crippen LogP) is 2.02. The van der Waals surface area contributed by atoms with Gasteiger partial charge >= 0.3 is 5.97 Å². The molecule has 1 aliphatic rings. The van der Waals surface area contributed by atoms with Crippen molar-refractivity contribution in [1.29, 1.82) is 0 Å². The van der Waals surface area contributed by atoms with E-state index in [4.69, 9.17) is 5.11 Å². The fraction of sp³-hybridized carbons (Fsp3) is 0.909. The third kappa shape index (κ3) is 3.29. The SMILES string of the molecule is CCCC(C)N[C@H]1CC[C@@H](C(=O)O)C1. The first-order valence-corrected chi connectivity index (χ1v) is 5.62. The highest BCUT2D eigenvalue weighted by molar-refractivity contribution is 5.70. The monoisotopic (exact) mass is 199 g/mol. The topological polar surface area (TPSA) is 49.3 Å². The lowest BCUT2D eigenvalue weighted by atomic mass is 10.1. The Hall–Kier alpha value is -0.570. The Morgan fingerprint density at radius 1 is 1.57 bits per heavy atom. The second kappa shape index (κ2) is 5.35. The summed E-state index contributed by atoms with van der Waals surface area (Å²) in [6.07, 6.45) is 5.03. The Labute approximate surface area is 85.9 Å². The molecule has 0 saturated heterocycles. The van der Waals surface area contributed by atoms with Gasteiger partial charge in [0.05, 0.1) is 5.92 Å². The molecule has 1 aliphatic carbocycles. The summed E-state index contributed by atoms with van der Waals surface area (Å²) in [4.78, 5) is 10.7. The van der Waals surface area contributed by atoms with E-state index in [0.29, 0.717) is 12.1 Å². The van der Waals surface area contributed by atoms with Crippen molar-refractivity contribution in [2.45, 2.75) is 58.0 Å². The second-order valence-corrected chi connectivity index (χ2v) is 4.40. The first kappa shape index (κ1) is 11.5. The zero-order chi connectivity index (χ0) is 10.6. The molecule has 3 heteroatoms. The number of rotatable bonds is 5. The van der Waals surface area contributed by atoms with Gasteiger partial charge in [-0.15, -0.1) is 0 Å². The molecule has 0 aromatic carbocycles. The number of aliphatic carboxylic acids is 1. The predicted molar refractivity (Wildman–Crippen MR) is 56.3 cm³/mol. The summed E-state index contributed by atoms with van der Waals surface area (Å²) in [6, 6.07) is 0.954. The Balaban J connectivity index is 2.25. The summed E-state index contributed by atoms with van der Waals surface area (Å²) < 4.78 is 0. The van der Waals surface area contributed by atoms with Crippen molar-refractivity contribution in [3.05, 3.63) is 0 Å². The maximum absolute atomic E-state index is 10.7. The number of carboxylic acids is 1. The Bertz CT molecular complexity index is 194. The van der Waals surface area contributed by atoms with Crippen molar-refractivity contribution < 1.29 is 9.90 Å². The van der Waals surface area contributed by atoms with Crippen LogP contribution in [-0.4, -0.2) is 23.2 Å². The van der Waals surface area contributed by atoms with Gasteiger partial charge in [-0.1, -0.05) is 13.3 Å². The molecule has 14 heavy (non-hydrogen) atoms. The van der Waals surface area contributed by atoms with Crippen LogP contribution in [0.5, 0.6) is 0 Å². The maximum atomic E-state index is 10.7. The van der Waals surface area contributed by atoms with Gasteiger partial charge < -0.3 is 10.4 Å². The smallest absolute Gasteiger partial charge is 0.306 e. The van der Waals surface area contributed by atoms with E-state index in [1.165, 1.54) is 12.8 Å². The summed E-state index contributed by atoms with van der Waals surface area (Å²) in [6.45, 7) is 4.35. The van der Waals surface area contributed by atoms with Gasteiger partial charge in [-0.2, -0.15) is 0 Å². The fourth-order valence-corrected chi connectivity index (χ4v) is 2.28. The van der Waals surface area contributed by atoms with Crippen LogP contribution in [0.2, 0.25) is 0 Å². The summed E-state index contributed by atoms with van der Waals surface area (Å²) >= 11 is 0. The zero-order valence-corrected chi connectivity index (χ0v) is 9.12. The summed E-state index contributed by atoms with van der Waals surface area (Å²) in [7, 11) is 0. The van der Waals surface area contributed by atoms with E-state index < -0.39 is 5.97 Å². The lowest BCUT2D eigenvalue weighted by Crippen LogP contribution is -2.35. The van der Waals surface area contributed by atoms with Gasteiger partial charge in [0.25, 0.3) is 0 Å². The molecule has 1 unspecified atom stereocenters. The molecule has 0 aliphatic heterocycles. The molecule has 82 valence electrons. The van der Waals surface area contributed by atoms with E-state index in [-0.39, 0.29) is 5.92 Å². The molecule has 0 spiro atoms. The van der Waals surface area contributed by atoms with Gasteiger partial charge in [0.1, 0.15) is 0 Å². The molecule has 1 saturated carbocycles. The highest BCUT2D eigenvalue weighted by Crippen LogP contribution is 2.26. The Morgan fingerprint density at radius 2 is 2.29 bits per heavy atom. The van der Waals surface area contributed by atoms with Gasteiger partial charge in [-0.05, 0) is 32.6 Å². The van der Waals surface area contributed by atoms with Crippen LogP contribution in [0.15, 0.2) is 0 Å². The highest BCUT2D eigenvalue weighted by atomic mass is 16.4. The molecule has 3 atom stereocenters. The molecule has 0 heterocycles. The van der Waals surface area contributed by atoms with E-state index in [1.807, 2.05) is 0 Å². The van der Waals surface area contributed by atoms with Crippen LogP contribution in [0.4, 0.5) is 0 Å². The lowest BCUT2D eigenvalue weighted by Gasteiger charge is -2.18. The van der Waals surface area contributed by atoms with E-state index in [1.54, 1.807) is 0 Å². The van der Waals surface area contributed by atoms with Crippen molar-refractivity contribution in [2.75, 3.05) is 0 Å². The van der Waals surface area contributed by atoms with Crippen molar-refractivity contribution >= 4 is 5.97 Å². The Morgan fingerprint density at radius 3 is 2.79 bits per heavy atom. The number of carboxylic acid groups (broad SMARTS) is 1. The number of hydrogen-bond acceptors (Lipinski definition) is 2. The van der Waals surface area contributed by atoms with Gasteiger partial charge in [-0.25, -0.2) is 0 Å². The van der Waals surface area contributed by atoms with Crippen LogP contribution in [0, 0.1) is 5.92 Å². The standard InChI is InChI=1S/C11H21NO2/c1-3-4-8(2)12-10-6-5-9(7-10)11(13)14/h8-10,12H,3-7H2,1-2H3,(H,13,14)/t8?,9-,10+/m1/s1. The minimum atomic E-state index is -0.627. The van der Waals surface area contributed by atoms with Crippen LogP contribution in [0.1, 0.15) is 46.0 Å². The van der Waals surface area contributed by atoms with Crippen LogP contribution in [0.25, 0.3) is 0 Å². The molecule has 0 bridgehead atoms. The van der Waals surface area contributed by atoms with Gasteiger partial charge in [0.15, 0.2) is 0 Å². The first-order valence-electron chi connectivity index (χ1n) is 5.62. The number of nitrogens with one attached hydrogen (secondary N) is 1. The molecular weight excluding hydrogens is 178 g/mol. The van der Waals surface area contributed by atoms with Crippen LogP contribution in [0.3, 0.4) is 0 Å². The molecule has 0 aromatic rings. The average molecular weight is 199 g/mol. The molecule has 2 N–H and O–H groups in total. The molecule has 1 fully saturated rings. The third-order valence-electron chi connectivity index (χ3n) is 3.02. The summed E-state index contributed by atoms with van der Waals surface area (Å²) in [5, 5.41) is 12.3. The molecule has 3 nitrogen and oxygen atoms in total.